The first-order chi connectivity index (χ1) is 13.8. The van der Waals surface area contributed by atoms with E-state index >= 15 is 0 Å². The molecule has 1 aromatic carbocycles. The number of carbonyl (C=O) groups excluding carboxylic acids is 1. The van der Waals surface area contributed by atoms with E-state index in [4.69, 9.17) is 10.00 Å². The fourth-order valence-corrected chi connectivity index (χ4v) is 4.31. The predicted octanol–water partition coefficient (Wildman–Crippen LogP) is 3.47. The zero-order valence-electron chi connectivity index (χ0n) is 16.5. The van der Waals surface area contributed by atoms with E-state index in [9.17, 15) is 18.0 Å². The quantitative estimate of drug-likeness (QED) is 0.809. The fourth-order valence-electron chi connectivity index (χ4n) is 4.31. The SMILES string of the molecule is CN(C1CCOCC1)[C@@H]1CC[C@H](C(=O)NCc2cc(C#N)cc(C(F)(F)F)c2)C1. The lowest BCUT2D eigenvalue weighted by atomic mass is 10.0. The molecule has 2 atom stereocenters. The maximum absolute atomic E-state index is 13.0. The third-order valence-corrected chi connectivity index (χ3v) is 6.03. The first kappa shape index (κ1) is 21.6. The summed E-state index contributed by atoms with van der Waals surface area (Å²) in [4.78, 5) is 14.9. The summed E-state index contributed by atoms with van der Waals surface area (Å²) in [6.45, 7) is 1.52. The van der Waals surface area contributed by atoms with E-state index in [0.29, 0.717) is 12.1 Å². The largest absolute Gasteiger partial charge is 0.416 e. The second-order valence-corrected chi connectivity index (χ2v) is 7.92. The van der Waals surface area contributed by atoms with Gasteiger partial charge in [0, 0.05) is 37.8 Å². The molecule has 5 nitrogen and oxygen atoms in total. The zero-order valence-corrected chi connectivity index (χ0v) is 16.5. The van der Waals surface area contributed by atoms with Crippen molar-refractivity contribution in [3.63, 3.8) is 0 Å². The van der Waals surface area contributed by atoms with Crippen LogP contribution in [0.5, 0.6) is 0 Å². The molecule has 0 bridgehead atoms. The molecule has 3 rings (SSSR count). The van der Waals surface area contributed by atoms with E-state index < -0.39 is 11.7 Å². The molecule has 1 saturated carbocycles. The van der Waals surface area contributed by atoms with Crippen molar-refractivity contribution in [3.8, 4) is 6.07 Å². The van der Waals surface area contributed by atoms with Crippen LogP contribution in [0.4, 0.5) is 13.2 Å². The molecular weight excluding hydrogens is 383 g/mol. The highest BCUT2D eigenvalue weighted by molar-refractivity contribution is 5.79. The van der Waals surface area contributed by atoms with Gasteiger partial charge in [-0.3, -0.25) is 4.79 Å². The van der Waals surface area contributed by atoms with E-state index in [1.54, 1.807) is 6.07 Å². The molecule has 8 heteroatoms. The van der Waals surface area contributed by atoms with Gasteiger partial charge in [0.15, 0.2) is 0 Å². The molecule has 1 aliphatic carbocycles. The van der Waals surface area contributed by atoms with Crippen LogP contribution >= 0.6 is 0 Å². The van der Waals surface area contributed by atoms with Crippen LogP contribution in [0.25, 0.3) is 0 Å². The van der Waals surface area contributed by atoms with Crippen LogP contribution in [0.3, 0.4) is 0 Å². The minimum Gasteiger partial charge on any atom is -0.381 e. The molecule has 2 fully saturated rings. The number of benzene rings is 1. The van der Waals surface area contributed by atoms with Gasteiger partial charge in [-0.2, -0.15) is 18.4 Å². The Bertz CT molecular complexity index is 769. The van der Waals surface area contributed by atoms with Crippen molar-refractivity contribution in [1.29, 1.82) is 5.26 Å². The highest BCUT2D eigenvalue weighted by Crippen LogP contribution is 2.32. The summed E-state index contributed by atoms with van der Waals surface area (Å²) in [6.07, 6.45) is -0.0593. The van der Waals surface area contributed by atoms with Crippen molar-refractivity contribution in [1.82, 2.24) is 10.2 Å². The van der Waals surface area contributed by atoms with Crippen LogP contribution in [0, 0.1) is 17.2 Å². The van der Waals surface area contributed by atoms with Crippen LogP contribution < -0.4 is 5.32 Å². The van der Waals surface area contributed by atoms with Gasteiger partial charge in [0.2, 0.25) is 5.91 Å². The van der Waals surface area contributed by atoms with Gasteiger partial charge < -0.3 is 15.0 Å². The number of alkyl halides is 3. The molecule has 1 heterocycles. The summed E-state index contributed by atoms with van der Waals surface area (Å²) in [6, 6.07) is 5.75. The molecule has 1 aliphatic heterocycles. The Morgan fingerprint density at radius 3 is 2.59 bits per heavy atom. The monoisotopic (exact) mass is 409 g/mol. The Labute approximate surface area is 168 Å². The van der Waals surface area contributed by atoms with Gasteiger partial charge in [0.05, 0.1) is 17.2 Å². The standard InChI is InChI=1S/C21H26F3N3O2/c1-27(18-4-6-29-7-5-18)19-3-2-16(11-19)20(28)26-13-15-8-14(12-25)9-17(10-15)21(22,23)24/h8-10,16,18-19H,2-7,11,13H2,1H3,(H,26,28)/t16-,19+/m0/s1. The first-order valence-corrected chi connectivity index (χ1v) is 9.96. The summed E-state index contributed by atoms with van der Waals surface area (Å²) < 4.78 is 44.4. The number of amides is 1. The summed E-state index contributed by atoms with van der Waals surface area (Å²) in [5, 5.41) is 11.7. The molecule has 1 N–H and O–H groups in total. The molecule has 1 aromatic rings. The number of nitriles is 1. The topological polar surface area (TPSA) is 65.4 Å². The number of ether oxygens (including phenoxy) is 1. The normalized spacial score (nSPS) is 23.2. The van der Waals surface area contributed by atoms with Crippen molar-refractivity contribution in [2.45, 2.75) is 56.9 Å². The Hall–Kier alpha value is -2.11. The van der Waals surface area contributed by atoms with Crippen LogP contribution in [0.15, 0.2) is 18.2 Å². The van der Waals surface area contributed by atoms with Gasteiger partial charge in [-0.05, 0) is 62.9 Å². The number of halogens is 3. The van der Waals surface area contributed by atoms with Gasteiger partial charge in [-0.1, -0.05) is 0 Å². The van der Waals surface area contributed by atoms with E-state index in [1.165, 1.54) is 6.07 Å². The van der Waals surface area contributed by atoms with Crippen molar-refractivity contribution in [2.75, 3.05) is 20.3 Å². The summed E-state index contributed by atoms with van der Waals surface area (Å²) >= 11 is 0. The van der Waals surface area contributed by atoms with E-state index in [2.05, 4.69) is 17.3 Å². The van der Waals surface area contributed by atoms with Crippen LogP contribution in [0.2, 0.25) is 0 Å². The Morgan fingerprint density at radius 1 is 1.21 bits per heavy atom. The number of nitrogens with zero attached hydrogens (tertiary/aromatic N) is 2. The van der Waals surface area contributed by atoms with Gasteiger partial charge in [0.1, 0.15) is 0 Å². The summed E-state index contributed by atoms with van der Waals surface area (Å²) in [5.41, 5.74) is -0.665. The average molecular weight is 409 g/mol. The number of hydrogen-bond acceptors (Lipinski definition) is 4. The third kappa shape index (κ3) is 5.49. The Kier molecular flexibility index (Phi) is 6.81. The smallest absolute Gasteiger partial charge is 0.381 e. The van der Waals surface area contributed by atoms with E-state index in [1.807, 2.05) is 0 Å². The molecule has 0 radical (unpaired) electrons. The van der Waals surface area contributed by atoms with Crippen molar-refractivity contribution in [2.24, 2.45) is 5.92 Å². The number of rotatable bonds is 5. The molecule has 0 aromatic heterocycles. The first-order valence-electron chi connectivity index (χ1n) is 9.96. The highest BCUT2D eigenvalue weighted by atomic mass is 19.4. The molecule has 158 valence electrons. The lowest BCUT2D eigenvalue weighted by Crippen LogP contribution is -2.42. The average Bonchev–Trinajstić information content (AvgIpc) is 3.21. The lowest BCUT2D eigenvalue weighted by molar-refractivity contribution is -0.137. The molecule has 0 unspecified atom stereocenters. The Morgan fingerprint density at radius 2 is 1.93 bits per heavy atom. The number of hydrogen-bond donors (Lipinski definition) is 1. The fraction of sp³-hybridized carbons (Fsp3) is 0.619. The molecule has 2 aliphatic rings. The number of nitrogens with one attached hydrogen (secondary N) is 1. The highest BCUT2D eigenvalue weighted by Gasteiger charge is 2.35. The molecule has 0 spiro atoms. The minimum atomic E-state index is -4.53. The summed E-state index contributed by atoms with van der Waals surface area (Å²) in [5.74, 6) is -0.271. The van der Waals surface area contributed by atoms with Crippen molar-refractivity contribution < 1.29 is 22.7 Å². The van der Waals surface area contributed by atoms with Crippen molar-refractivity contribution >= 4 is 5.91 Å². The third-order valence-electron chi connectivity index (χ3n) is 6.03. The second-order valence-electron chi connectivity index (χ2n) is 7.92. The predicted molar refractivity (Wildman–Crippen MR) is 101 cm³/mol. The second kappa shape index (κ2) is 9.14. The maximum Gasteiger partial charge on any atom is 0.416 e. The van der Waals surface area contributed by atoms with Gasteiger partial charge in [-0.25, -0.2) is 0 Å². The lowest BCUT2D eigenvalue weighted by Gasteiger charge is -2.35. The van der Waals surface area contributed by atoms with Gasteiger partial charge >= 0.3 is 6.18 Å². The molecule has 1 saturated heterocycles. The van der Waals surface area contributed by atoms with Crippen LogP contribution in [0.1, 0.15) is 48.8 Å². The molecular formula is C21H26F3N3O2. The zero-order chi connectivity index (χ0) is 21.0. The van der Waals surface area contributed by atoms with Gasteiger partial charge in [0.25, 0.3) is 0 Å². The van der Waals surface area contributed by atoms with Crippen molar-refractivity contribution in [3.05, 3.63) is 34.9 Å². The maximum atomic E-state index is 13.0. The Balaban J connectivity index is 1.55. The summed E-state index contributed by atoms with van der Waals surface area (Å²) in [7, 11) is 2.10. The molecule has 29 heavy (non-hydrogen) atoms. The van der Waals surface area contributed by atoms with Crippen LogP contribution in [-0.2, 0) is 22.3 Å². The molecule has 1 amide bonds. The van der Waals surface area contributed by atoms with Gasteiger partial charge in [-0.15, -0.1) is 0 Å². The van der Waals surface area contributed by atoms with E-state index in [0.717, 1.165) is 57.5 Å². The minimum absolute atomic E-state index is 0.0194. The van der Waals surface area contributed by atoms with Crippen LogP contribution in [-0.4, -0.2) is 43.2 Å². The number of carbonyl (C=O) groups is 1. The van der Waals surface area contributed by atoms with E-state index in [-0.39, 0.29) is 29.5 Å².